The highest BCUT2D eigenvalue weighted by molar-refractivity contribution is 8.00. The molecule has 0 radical (unpaired) electrons. The first kappa shape index (κ1) is 14.8. The third-order valence-electron chi connectivity index (χ3n) is 3.64. The predicted molar refractivity (Wildman–Crippen MR) is 85.9 cm³/mol. The van der Waals surface area contributed by atoms with Gasteiger partial charge in [0.1, 0.15) is 10.9 Å². The Bertz CT molecular complexity index is 719. The maximum Gasteiger partial charge on any atom is 0.320 e. The van der Waals surface area contributed by atoms with E-state index in [1.165, 1.54) is 18.9 Å². The summed E-state index contributed by atoms with van der Waals surface area (Å²) < 4.78 is 4.77. The predicted octanol–water partition coefficient (Wildman–Crippen LogP) is 1.97. The number of hydrogen-bond acceptors (Lipinski definition) is 5. The lowest BCUT2D eigenvalue weighted by atomic mass is 10.2. The van der Waals surface area contributed by atoms with Crippen molar-refractivity contribution in [2.24, 2.45) is 0 Å². The average molecular weight is 316 g/mol. The number of fused-ring (bicyclic) bond motifs is 1. The molecule has 0 bridgehead atoms. The third kappa shape index (κ3) is 2.92. The number of esters is 1. The van der Waals surface area contributed by atoms with Gasteiger partial charge in [-0.25, -0.2) is 4.98 Å². The van der Waals surface area contributed by atoms with Crippen LogP contribution < -0.4 is 0 Å². The van der Waals surface area contributed by atoms with Crippen LogP contribution in [0.5, 0.6) is 0 Å². The van der Waals surface area contributed by atoms with Crippen LogP contribution in [0.3, 0.4) is 0 Å². The number of aromatic nitrogens is 1. The molecular formula is C16H16N2O3S. The Morgan fingerprint density at radius 3 is 2.91 bits per heavy atom. The van der Waals surface area contributed by atoms with E-state index in [1.54, 1.807) is 11.0 Å². The molecule has 0 unspecified atom stereocenters. The zero-order valence-corrected chi connectivity index (χ0v) is 13.0. The highest BCUT2D eigenvalue weighted by Gasteiger charge is 2.30. The van der Waals surface area contributed by atoms with Gasteiger partial charge < -0.3 is 9.64 Å². The summed E-state index contributed by atoms with van der Waals surface area (Å²) in [5.74, 6) is 0.299. The fourth-order valence-corrected chi connectivity index (χ4v) is 3.58. The molecule has 114 valence electrons. The number of carbonyl (C=O) groups excluding carboxylic acids is 2. The van der Waals surface area contributed by atoms with E-state index in [0.717, 1.165) is 16.7 Å². The molecular weight excluding hydrogens is 300 g/mol. The molecule has 0 N–H and O–H groups in total. The minimum Gasteiger partial charge on any atom is -0.468 e. The second-order valence-electron chi connectivity index (χ2n) is 5.02. The van der Waals surface area contributed by atoms with Crippen LogP contribution in [0, 0.1) is 0 Å². The highest BCUT2D eigenvalue weighted by Crippen LogP contribution is 2.21. The van der Waals surface area contributed by atoms with E-state index in [1.807, 2.05) is 30.3 Å². The van der Waals surface area contributed by atoms with E-state index in [0.29, 0.717) is 18.8 Å². The van der Waals surface area contributed by atoms with Crippen LogP contribution in [0.25, 0.3) is 10.9 Å². The smallest absolute Gasteiger partial charge is 0.320 e. The van der Waals surface area contributed by atoms with Gasteiger partial charge in [0, 0.05) is 24.2 Å². The Balaban J connectivity index is 1.81. The first-order valence-corrected chi connectivity index (χ1v) is 8.08. The minimum atomic E-state index is -0.317. The second kappa shape index (κ2) is 6.36. The van der Waals surface area contributed by atoms with E-state index < -0.39 is 0 Å². The van der Waals surface area contributed by atoms with Gasteiger partial charge in [-0.05, 0) is 12.1 Å². The lowest BCUT2D eigenvalue weighted by molar-refractivity contribution is -0.140. The van der Waals surface area contributed by atoms with Crippen molar-refractivity contribution >= 4 is 34.5 Å². The summed E-state index contributed by atoms with van der Waals surface area (Å²) in [6, 6.07) is 11.3. The van der Waals surface area contributed by atoms with E-state index in [9.17, 15) is 9.59 Å². The van der Waals surface area contributed by atoms with Crippen LogP contribution in [-0.2, 0) is 9.53 Å². The molecule has 1 saturated heterocycles. The molecule has 6 heteroatoms. The van der Waals surface area contributed by atoms with Gasteiger partial charge in [0.15, 0.2) is 0 Å². The summed E-state index contributed by atoms with van der Waals surface area (Å²) in [5, 5.41) is 0.684. The normalized spacial score (nSPS) is 18.2. The van der Waals surface area contributed by atoms with E-state index >= 15 is 0 Å². The molecule has 3 rings (SSSR count). The highest BCUT2D eigenvalue weighted by atomic mass is 32.2. The molecule has 22 heavy (non-hydrogen) atoms. The third-order valence-corrected chi connectivity index (χ3v) is 4.80. The minimum absolute atomic E-state index is 0.139. The average Bonchev–Trinajstić information content (AvgIpc) is 2.60. The molecule has 0 spiro atoms. The van der Waals surface area contributed by atoms with Crippen LogP contribution in [0.4, 0.5) is 0 Å². The van der Waals surface area contributed by atoms with Crippen LogP contribution in [0.2, 0.25) is 0 Å². The summed E-state index contributed by atoms with van der Waals surface area (Å²) in [5.41, 5.74) is 1.21. The van der Waals surface area contributed by atoms with E-state index in [4.69, 9.17) is 4.74 Å². The SMILES string of the molecule is COC(=O)[C@@H]1CN(C(=O)c2ccc3ccccc3n2)CCS1. The van der Waals surface area contributed by atoms with Crippen molar-refractivity contribution in [3.05, 3.63) is 42.1 Å². The largest absolute Gasteiger partial charge is 0.468 e. The van der Waals surface area contributed by atoms with E-state index in [2.05, 4.69) is 4.98 Å². The zero-order valence-electron chi connectivity index (χ0n) is 12.2. The Hall–Kier alpha value is -2.08. The zero-order chi connectivity index (χ0) is 15.5. The Morgan fingerprint density at radius 1 is 1.27 bits per heavy atom. The van der Waals surface area contributed by atoms with Gasteiger partial charge in [0.05, 0.1) is 12.6 Å². The standard InChI is InChI=1S/C16H16N2O3S/c1-21-16(20)14-10-18(8-9-22-14)15(19)13-7-6-11-4-2-3-5-12(11)17-13/h2-7,14H,8-10H2,1H3/t14-/m0/s1. The topological polar surface area (TPSA) is 59.5 Å². The van der Waals surface area contributed by atoms with Crippen molar-refractivity contribution in [3.8, 4) is 0 Å². The van der Waals surface area contributed by atoms with Gasteiger partial charge in [-0.3, -0.25) is 9.59 Å². The lowest BCUT2D eigenvalue weighted by Crippen LogP contribution is -2.45. The lowest BCUT2D eigenvalue weighted by Gasteiger charge is -2.30. The number of hydrogen-bond donors (Lipinski definition) is 0. The first-order valence-electron chi connectivity index (χ1n) is 7.03. The maximum absolute atomic E-state index is 12.6. The molecule has 5 nitrogen and oxygen atoms in total. The molecule has 1 aliphatic heterocycles. The van der Waals surface area contributed by atoms with Crippen molar-refractivity contribution in [2.75, 3.05) is 26.0 Å². The van der Waals surface area contributed by atoms with Crippen molar-refractivity contribution in [2.45, 2.75) is 5.25 Å². The Labute approximate surface area is 132 Å². The molecule has 2 aromatic rings. The van der Waals surface area contributed by atoms with Crippen molar-refractivity contribution in [3.63, 3.8) is 0 Å². The number of para-hydroxylation sites is 1. The monoisotopic (exact) mass is 316 g/mol. The second-order valence-corrected chi connectivity index (χ2v) is 6.33. The van der Waals surface area contributed by atoms with E-state index in [-0.39, 0.29) is 17.1 Å². The Morgan fingerprint density at radius 2 is 2.09 bits per heavy atom. The molecule has 1 aromatic heterocycles. The number of carbonyl (C=O) groups is 2. The van der Waals surface area contributed by atoms with Crippen LogP contribution in [0.15, 0.2) is 36.4 Å². The van der Waals surface area contributed by atoms with Gasteiger partial charge in [-0.2, -0.15) is 0 Å². The molecule has 0 aliphatic carbocycles. The molecule has 0 saturated carbocycles. The molecule has 2 heterocycles. The fourth-order valence-electron chi connectivity index (χ4n) is 2.45. The molecule has 1 aromatic carbocycles. The summed E-state index contributed by atoms with van der Waals surface area (Å²) in [7, 11) is 1.37. The summed E-state index contributed by atoms with van der Waals surface area (Å²) in [6.07, 6.45) is 0. The molecule has 1 atom stereocenters. The molecule has 1 aliphatic rings. The number of ether oxygens (including phenoxy) is 1. The quantitative estimate of drug-likeness (QED) is 0.793. The molecule has 1 fully saturated rings. The fraction of sp³-hybridized carbons (Fsp3) is 0.312. The number of nitrogens with zero attached hydrogens (tertiary/aromatic N) is 2. The number of methoxy groups -OCH3 is 1. The summed E-state index contributed by atoms with van der Waals surface area (Å²) in [6.45, 7) is 0.982. The number of pyridine rings is 1. The molecule has 1 amide bonds. The number of benzene rings is 1. The number of thioether (sulfide) groups is 1. The summed E-state index contributed by atoms with van der Waals surface area (Å²) in [4.78, 5) is 30.4. The van der Waals surface area contributed by atoms with Crippen LogP contribution in [0.1, 0.15) is 10.5 Å². The van der Waals surface area contributed by atoms with Gasteiger partial charge >= 0.3 is 5.97 Å². The van der Waals surface area contributed by atoms with Gasteiger partial charge in [-0.15, -0.1) is 11.8 Å². The van der Waals surface area contributed by atoms with Crippen molar-refractivity contribution < 1.29 is 14.3 Å². The van der Waals surface area contributed by atoms with Crippen molar-refractivity contribution in [1.82, 2.24) is 9.88 Å². The van der Waals surface area contributed by atoms with Crippen LogP contribution >= 0.6 is 11.8 Å². The van der Waals surface area contributed by atoms with Crippen LogP contribution in [-0.4, -0.2) is 53.0 Å². The summed E-state index contributed by atoms with van der Waals surface area (Å²) >= 11 is 1.53. The van der Waals surface area contributed by atoms with Gasteiger partial charge in [0.2, 0.25) is 0 Å². The van der Waals surface area contributed by atoms with Crippen molar-refractivity contribution in [1.29, 1.82) is 0 Å². The maximum atomic E-state index is 12.6. The van der Waals surface area contributed by atoms with Gasteiger partial charge in [0.25, 0.3) is 5.91 Å². The number of rotatable bonds is 2. The van der Waals surface area contributed by atoms with Gasteiger partial charge in [-0.1, -0.05) is 24.3 Å². The first-order chi connectivity index (χ1) is 10.7. The Kier molecular flexibility index (Phi) is 4.29. The number of amides is 1.